The minimum Gasteiger partial charge on any atom is -0.310 e. The van der Waals surface area contributed by atoms with Gasteiger partial charge in [0.15, 0.2) is 0 Å². The molecule has 2 heteroatoms. The van der Waals surface area contributed by atoms with E-state index in [9.17, 15) is 0 Å². The highest BCUT2D eigenvalue weighted by Crippen LogP contribution is 2.47. The fourth-order valence-electron chi connectivity index (χ4n) is 8.37. The Bertz CT molecular complexity index is 3250. The third-order valence-electron chi connectivity index (χ3n) is 11.2. The van der Waals surface area contributed by atoms with E-state index in [0.717, 1.165) is 17.1 Å². The first kappa shape index (κ1) is 32.4. The summed E-state index contributed by atoms with van der Waals surface area (Å²) in [5, 5.41) is 10.1. The van der Waals surface area contributed by atoms with Gasteiger partial charge in [0.05, 0.1) is 5.69 Å². The minimum atomic E-state index is 1.11. The van der Waals surface area contributed by atoms with Gasteiger partial charge in [0.2, 0.25) is 0 Å². The van der Waals surface area contributed by atoms with Crippen molar-refractivity contribution in [3.63, 3.8) is 0 Å². The summed E-state index contributed by atoms with van der Waals surface area (Å²) in [5.74, 6) is 0. The van der Waals surface area contributed by atoms with Crippen molar-refractivity contribution in [2.45, 2.75) is 0 Å². The Balaban J connectivity index is 1.12. The summed E-state index contributed by atoms with van der Waals surface area (Å²) in [6.07, 6.45) is 0. The zero-order valence-electron chi connectivity index (χ0n) is 30.6. The Labute approximate surface area is 330 Å². The molecule has 262 valence electrons. The van der Waals surface area contributed by atoms with E-state index in [0.29, 0.717) is 0 Å². The summed E-state index contributed by atoms with van der Waals surface area (Å²) in [6, 6.07) is 77.9. The van der Waals surface area contributed by atoms with Crippen LogP contribution in [-0.2, 0) is 0 Å². The first-order valence-electron chi connectivity index (χ1n) is 19.2. The number of nitrogens with zero attached hydrogens (tertiary/aromatic N) is 1. The second-order valence-corrected chi connectivity index (χ2v) is 15.6. The molecule has 11 aromatic rings. The van der Waals surface area contributed by atoms with Crippen LogP contribution in [-0.4, -0.2) is 0 Å². The quantitative estimate of drug-likeness (QED) is 0.165. The highest BCUT2D eigenvalue weighted by molar-refractivity contribution is 7.26. The van der Waals surface area contributed by atoms with Crippen molar-refractivity contribution in [3.05, 3.63) is 212 Å². The minimum absolute atomic E-state index is 1.11. The van der Waals surface area contributed by atoms with E-state index in [2.05, 4.69) is 217 Å². The van der Waals surface area contributed by atoms with E-state index >= 15 is 0 Å². The molecule has 0 N–H and O–H groups in total. The molecule has 0 aliphatic carbocycles. The van der Waals surface area contributed by atoms with Crippen molar-refractivity contribution >= 4 is 80.9 Å². The summed E-state index contributed by atoms with van der Waals surface area (Å²) in [5.41, 5.74) is 10.5. The van der Waals surface area contributed by atoms with E-state index < -0.39 is 0 Å². The summed E-state index contributed by atoms with van der Waals surface area (Å²) < 4.78 is 2.62. The van der Waals surface area contributed by atoms with E-state index in [-0.39, 0.29) is 0 Å². The van der Waals surface area contributed by atoms with Crippen molar-refractivity contribution < 1.29 is 0 Å². The molecule has 1 aromatic heterocycles. The third-order valence-corrected chi connectivity index (χ3v) is 12.4. The maximum absolute atomic E-state index is 2.47. The Morgan fingerprint density at radius 1 is 0.304 bits per heavy atom. The van der Waals surface area contributed by atoms with Crippen molar-refractivity contribution in [2.75, 3.05) is 4.90 Å². The zero-order chi connectivity index (χ0) is 37.0. The summed E-state index contributed by atoms with van der Waals surface area (Å²) in [4.78, 5) is 2.47. The van der Waals surface area contributed by atoms with Gasteiger partial charge in [-0.05, 0) is 103 Å². The van der Waals surface area contributed by atoms with Crippen LogP contribution in [0, 0.1) is 0 Å². The van der Waals surface area contributed by atoms with Crippen LogP contribution in [0.1, 0.15) is 0 Å². The van der Waals surface area contributed by atoms with E-state index in [4.69, 9.17) is 0 Å². The van der Waals surface area contributed by atoms with Gasteiger partial charge in [-0.25, -0.2) is 0 Å². The van der Waals surface area contributed by atoms with Crippen molar-refractivity contribution in [1.29, 1.82) is 0 Å². The first-order chi connectivity index (χ1) is 27.7. The summed E-state index contributed by atoms with van der Waals surface area (Å²) in [7, 11) is 0. The number of anilines is 3. The number of benzene rings is 10. The molecule has 1 heterocycles. The highest BCUT2D eigenvalue weighted by atomic mass is 32.1. The lowest BCUT2D eigenvalue weighted by Crippen LogP contribution is -2.11. The molecule has 0 aliphatic heterocycles. The van der Waals surface area contributed by atoms with E-state index in [1.54, 1.807) is 0 Å². The van der Waals surface area contributed by atoms with Gasteiger partial charge in [0.25, 0.3) is 0 Å². The second kappa shape index (κ2) is 13.4. The standard InChI is InChI=1S/C54H35NS/c1-2-11-36(12-3-1)42-18-10-19-46(32-42)55(47-28-30-49-50-29-27-39-14-8-9-20-48(39)54(50)56-53(49)35-47)52-34-44-17-7-6-16-43(44)33-51(52)40-24-21-38(22-25-40)45-26-23-37-13-4-5-15-41(37)31-45/h1-35H. The van der Waals surface area contributed by atoms with Crippen molar-refractivity contribution in [2.24, 2.45) is 0 Å². The highest BCUT2D eigenvalue weighted by Gasteiger charge is 2.21. The zero-order valence-corrected chi connectivity index (χ0v) is 31.4. The first-order valence-corrected chi connectivity index (χ1v) is 20.0. The Morgan fingerprint density at radius 2 is 0.875 bits per heavy atom. The van der Waals surface area contributed by atoms with Crippen LogP contribution in [0.25, 0.3) is 85.9 Å². The van der Waals surface area contributed by atoms with Crippen LogP contribution in [0.4, 0.5) is 17.1 Å². The molecule has 10 aromatic carbocycles. The van der Waals surface area contributed by atoms with Crippen LogP contribution in [0.2, 0.25) is 0 Å². The van der Waals surface area contributed by atoms with Gasteiger partial charge in [-0.3, -0.25) is 0 Å². The molecule has 0 saturated heterocycles. The van der Waals surface area contributed by atoms with E-state index in [1.807, 2.05) is 11.3 Å². The van der Waals surface area contributed by atoms with Crippen molar-refractivity contribution in [3.8, 4) is 33.4 Å². The number of hydrogen-bond acceptors (Lipinski definition) is 2. The normalized spacial score (nSPS) is 11.6. The summed E-state index contributed by atoms with van der Waals surface area (Å²) in [6.45, 7) is 0. The lowest BCUT2D eigenvalue weighted by atomic mass is 9.95. The topological polar surface area (TPSA) is 3.24 Å². The number of thiophene rings is 1. The van der Waals surface area contributed by atoms with Gasteiger partial charge in [-0.15, -0.1) is 11.3 Å². The van der Waals surface area contributed by atoms with Gasteiger partial charge < -0.3 is 4.90 Å². The van der Waals surface area contributed by atoms with Gasteiger partial charge in [-0.1, -0.05) is 170 Å². The smallest absolute Gasteiger partial charge is 0.0546 e. The van der Waals surface area contributed by atoms with Gasteiger partial charge in [0.1, 0.15) is 0 Å². The SMILES string of the molecule is c1ccc(-c2cccc(N(c3ccc4c(c3)sc3c5ccccc5ccc43)c3cc4ccccc4cc3-c3ccc(-c4ccc5ccccc5c4)cc3)c2)cc1. The molecule has 0 atom stereocenters. The molecule has 0 radical (unpaired) electrons. The maximum Gasteiger partial charge on any atom is 0.0546 e. The van der Waals surface area contributed by atoms with Crippen LogP contribution in [0.5, 0.6) is 0 Å². The molecular formula is C54H35NS. The lowest BCUT2D eigenvalue weighted by Gasteiger charge is -2.29. The predicted octanol–water partition coefficient (Wildman–Crippen LogP) is 16.0. The largest absolute Gasteiger partial charge is 0.310 e. The van der Waals surface area contributed by atoms with Crippen molar-refractivity contribution in [1.82, 2.24) is 0 Å². The number of hydrogen-bond donors (Lipinski definition) is 0. The molecule has 0 unspecified atom stereocenters. The molecule has 0 saturated carbocycles. The fourth-order valence-corrected chi connectivity index (χ4v) is 9.64. The van der Waals surface area contributed by atoms with Crippen LogP contribution in [0.15, 0.2) is 212 Å². The fraction of sp³-hybridized carbons (Fsp3) is 0. The molecular weight excluding hydrogens is 695 g/mol. The van der Waals surface area contributed by atoms with Gasteiger partial charge in [0, 0.05) is 37.1 Å². The molecule has 11 rings (SSSR count). The average Bonchev–Trinajstić information content (AvgIpc) is 3.65. The maximum atomic E-state index is 2.47. The molecule has 0 spiro atoms. The predicted molar refractivity (Wildman–Crippen MR) is 243 cm³/mol. The Hall–Kier alpha value is -7.00. The number of fused-ring (bicyclic) bond motifs is 7. The average molecular weight is 730 g/mol. The lowest BCUT2D eigenvalue weighted by molar-refractivity contribution is 1.30. The molecule has 0 bridgehead atoms. The monoisotopic (exact) mass is 729 g/mol. The van der Waals surface area contributed by atoms with Gasteiger partial charge >= 0.3 is 0 Å². The Morgan fingerprint density at radius 3 is 1.70 bits per heavy atom. The number of rotatable bonds is 6. The molecule has 56 heavy (non-hydrogen) atoms. The molecule has 1 nitrogen and oxygen atoms in total. The Kier molecular flexibility index (Phi) is 7.75. The molecule has 0 fully saturated rings. The van der Waals surface area contributed by atoms with Crippen LogP contribution >= 0.6 is 11.3 Å². The molecule has 0 amide bonds. The van der Waals surface area contributed by atoms with Crippen LogP contribution < -0.4 is 4.90 Å². The third kappa shape index (κ3) is 5.62. The summed E-state index contributed by atoms with van der Waals surface area (Å²) >= 11 is 1.89. The van der Waals surface area contributed by atoms with Gasteiger partial charge in [-0.2, -0.15) is 0 Å². The van der Waals surface area contributed by atoms with Crippen LogP contribution in [0.3, 0.4) is 0 Å². The second-order valence-electron chi connectivity index (χ2n) is 14.6. The molecule has 0 aliphatic rings. The van der Waals surface area contributed by atoms with E-state index in [1.165, 1.54) is 85.9 Å².